The standard InChI is InChI=1S/C5H6N/c1-2-5-3-4-6-5/h2,5H,1,3H2/q+1/t5-/m1/s1. The average Bonchev–Trinajstić information content (AvgIpc) is 1.31. The second kappa shape index (κ2) is 1.14. The Kier molecular flexibility index (Phi) is 0.648. The second-order valence-electron chi connectivity index (χ2n) is 1.29. The summed E-state index contributed by atoms with van der Waals surface area (Å²) in [6.07, 6.45) is 2.81. The fourth-order valence-corrected chi connectivity index (χ4v) is 0.333. The van der Waals surface area contributed by atoms with Crippen molar-refractivity contribution >= 4 is 0 Å². The van der Waals surface area contributed by atoms with Gasteiger partial charge in [0.1, 0.15) is 0 Å². The molecule has 1 nitrogen and oxygen atoms in total. The highest BCUT2D eigenvalue weighted by Crippen LogP contribution is 2.05. The number of rotatable bonds is 1. The highest BCUT2D eigenvalue weighted by molar-refractivity contribution is 5.15. The van der Waals surface area contributed by atoms with Crippen LogP contribution in [-0.2, 0) is 0 Å². The molecule has 1 aliphatic rings. The van der Waals surface area contributed by atoms with E-state index in [0.29, 0.717) is 6.04 Å². The summed E-state index contributed by atoms with van der Waals surface area (Å²) < 4.78 is 0. The molecule has 0 radical (unpaired) electrons. The topological polar surface area (TPSA) is 4.36 Å². The van der Waals surface area contributed by atoms with E-state index in [-0.39, 0.29) is 0 Å². The van der Waals surface area contributed by atoms with Crippen LogP contribution in [0.15, 0.2) is 12.7 Å². The van der Waals surface area contributed by atoms with Crippen molar-refractivity contribution < 1.29 is 0 Å². The molecule has 0 fully saturated rings. The van der Waals surface area contributed by atoms with Gasteiger partial charge in [-0.15, -0.1) is 0 Å². The molecule has 0 aromatic rings. The number of hydrogen-bond acceptors (Lipinski definition) is 0. The Bertz CT molecular complexity index is 116. The highest BCUT2D eigenvalue weighted by atomic mass is 14.8. The molecule has 0 amide bonds. The van der Waals surface area contributed by atoms with Gasteiger partial charge in [-0.25, -0.2) is 0 Å². The van der Waals surface area contributed by atoms with E-state index in [1.807, 2.05) is 6.08 Å². The maximum atomic E-state index is 3.82. The van der Waals surface area contributed by atoms with Crippen LogP contribution in [0.5, 0.6) is 0 Å². The van der Waals surface area contributed by atoms with Crippen LogP contribution in [0.25, 0.3) is 4.85 Å². The zero-order chi connectivity index (χ0) is 4.41. The molecule has 1 atom stereocenters. The Morgan fingerprint density at radius 2 is 2.67 bits per heavy atom. The lowest BCUT2D eigenvalue weighted by molar-refractivity contribution is 0.925. The first-order chi connectivity index (χ1) is 2.93. The van der Waals surface area contributed by atoms with Crippen molar-refractivity contribution in [2.24, 2.45) is 0 Å². The number of hydrogen-bond donors (Lipinski definition) is 0. The van der Waals surface area contributed by atoms with E-state index in [1.54, 1.807) is 0 Å². The summed E-state index contributed by atoms with van der Waals surface area (Å²) in [6.45, 7) is 3.55. The predicted octanol–water partition coefficient (Wildman–Crippen LogP) is 1.28. The van der Waals surface area contributed by atoms with Crippen molar-refractivity contribution in [3.8, 4) is 6.07 Å². The Morgan fingerprint density at radius 3 is 2.67 bits per heavy atom. The molecule has 0 aromatic carbocycles. The molecular formula is C5H6N+. The molecule has 0 saturated carbocycles. The van der Waals surface area contributed by atoms with Crippen molar-refractivity contribution in [3.05, 3.63) is 17.5 Å². The Hall–Kier alpha value is -0.770. The van der Waals surface area contributed by atoms with Crippen molar-refractivity contribution in [1.82, 2.24) is 0 Å². The third-order valence-electron chi connectivity index (χ3n) is 0.830. The lowest BCUT2D eigenvalue weighted by Crippen LogP contribution is -2.00. The lowest BCUT2D eigenvalue weighted by atomic mass is 10.2. The molecular weight excluding hydrogens is 74.1 g/mol. The van der Waals surface area contributed by atoms with E-state index >= 15 is 0 Å². The zero-order valence-electron chi connectivity index (χ0n) is 3.52. The fraction of sp³-hybridized carbons (Fsp3) is 0.400. The minimum atomic E-state index is 0.394. The van der Waals surface area contributed by atoms with Gasteiger partial charge in [0.05, 0.1) is 0 Å². The van der Waals surface area contributed by atoms with Crippen LogP contribution in [0.1, 0.15) is 6.42 Å². The molecule has 0 bridgehead atoms. The van der Waals surface area contributed by atoms with Crippen molar-refractivity contribution in [3.63, 3.8) is 0 Å². The van der Waals surface area contributed by atoms with Gasteiger partial charge in [0, 0.05) is 0 Å². The lowest BCUT2D eigenvalue weighted by Gasteiger charge is -1.85. The molecule has 30 valence electrons. The average molecular weight is 80.1 g/mol. The zero-order valence-corrected chi connectivity index (χ0v) is 3.52. The van der Waals surface area contributed by atoms with Crippen LogP contribution >= 0.6 is 0 Å². The molecule has 0 spiro atoms. The van der Waals surface area contributed by atoms with Crippen LogP contribution in [0, 0.1) is 6.07 Å². The number of nitrogens with zero attached hydrogens (tertiary/aromatic N) is 1. The van der Waals surface area contributed by atoms with Gasteiger partial charge in [-0.2, -0.15) is 0 Å². The van der Waals surface area contributed by atoms with Crippen LogP contribution < -0.4 is 0 Å². The van der Waals surface area contributed by atoms with E-state index in [2.05, 4.69) is 17.5 Å². The molecule has 0 unspecified atom stereocenters. The molecule has 1 rings (SSSR count). The van der Waals surface area contributed by atoms with Gasteiger partial charge in [0.25, 0.3) is 6.07 Å². The molecule has 1 aliphatic heterocycles. The quantitative estimate of drug-likeness (QED) is 0.418. The summed E-state index contributed by atoms with van der Waals surface area (Å²) in [7, 11) is 0. The summed E-state index contributed by atoms with van der Waals surface area (Å²) in [5.74, 6) is 0. The first-order valence-electron chi connectivity index (χ1n) is 1.99. The second-order valence-corrected chi connectivity index (χ2v) is 1.29. The maximum absolute atomic E-state index is 3.82. The SMILES string of the molecule is C=C[C@@H]1CC#[N+]1. The molecule has 6 heavy (non-hydrogen) atoms. The van der Waals surface area contributed by atoms with Gasteiger partial charge >= 0.3 is 6.04 Å². The summed E-state index contributed by atoms with van der Waals surface area (Å²) in [4.78, 5) is 3.82. The van der Waals surface area contributed by atoms with E-state index in [9.17, 15) is 0 Å². The Balaban J connectivity index is 2.48. The van der Waals surface area contributed by atoms with Crippen molar-refractivity contribution in [2.45, 2.75) is 12.5 Å². The van der Waals surface area contributed by atoms with Crippen LogP contribution in [0.3, 0.4) is 0 Å². The first kappa shape index (κ1) is 3.42. The summed E-state index contributed by atoms with van der Waals surface area (Å²) in [5.41, 5.74) is 0. The third kappa shape index (κ3) is 0.307. The minimum absolute atomic E-state index is 0.394. The fourth-order valence-electron chi connectivity index (χ4n) is 0.333. The van der Waals surface area contributed by atoms with Crippen molar-refractivity contribution in [1.29, 1.82) is 0 Å². The van der Waals surface area contributed by atoms with Gasteiger partial charge in [-0.05, 0) is 6.08 Å². The van der Waals surface area contributed by atoms with E-state index < -0.39 is 0 Å². The van der Waals surface area contributed by atoms with E-state index in [4.69, 9.17) is 0 Å². The van der Waals surface area contributed by atoms with Gasteiger partial charge in [0.15, 0.2) is 6.42 Å². The van der Waals surface area contributed by atoms with Gasteiger partial charge < -0.3 is 0 Å². The molecule has 0 aliphatic carbocycles. The molecule has 1 heterocycles. The van der Waals surface area contributed by atoms with Crippen LogP contribution in [0.2, 0.25) is 0 Å². The smallest absolute Gasteiger partial charge is 0.0952 e. The normalized spacial score (nSPS) is 26.3. The Labute approximate surface area is 37.1 Å². The van der Waals surface area contributed by atoms with Gasteiger partial charge in [-0.3, -0.25) is 0 Å². The predicted molar refractivity (Wildman–Crippen MR) is 25.8 cm³/mol. The third-order valence-corrected chi connectivity index (χ3v) is 0.830. The van der Waals surface area contributed by atoms with Gasteiger partial charge in [0.2, 0.25) is 0 Å². The van der Waals surface area contributed by atoms with E-state index in [0.717, 1.165) is 6.42 Å². The maximum Gasteiger partial charge on any atom is 0.307 e. The summed E-state index contributed by atoms with van der Waals surface area (Å²) in [5, 5.41) is 0. The highest BCUT2D eigenvalue weighted by Gasteiger charge is 2.19. The molecule has 1 heteroatoms. The molecule has 0 saturated heterocycles. The van der Waals surface area contributed by atoms with Gasteiger partial charge in [-0.1, -0.05) is 11.4 Å². The monoisotopic (exact) mass is 80.0 g/mol. The summed E-state index contributed by atoms with van der Waals surface area (Å²) >= 11 is 0. The molecule has 0 aromatic heterocycles. The Morgan fingerprint density at radius 1 is 2.00 bits per heavy atom. The van der Waals surface area contributed by atoms with Crippen LogP contribution in [0.4, 0.5) is 0 Å². The summed E-state index contributed by atoms with van der Waals surface area (Å²) in [6, 6.07) is 3.16. The minimum Gasteiger partial charge on any atom is -0.0952 e. The first-order valence-corrected chi connectivity index (χ1v) is 1.99. The molecule has 0 N–H and O–H groups in total. The largest absolute Gasteiger partial charge is 0.307 e. The van der Waals surface area contributed by atoms with E-state index in [1.165, 1.54) is 0 Å². The van der Waals surface area contributed by atoms with Crippen molar-refractivity contribution in [2.75, 3.05) is 0 Å². The van der Waals surface area contributed by atoms with Crippen LogP contribution in [-0.4, -0.2) is 6.04 Å².